The van der Waals surface area contributed by atoms with Gasteiger partial charge in [0.25, 0.3) is 0 Å². The summed E-state index contributed by atoms with van der Waals surface area (Å²) >= 11 is 0. The van der Waals surface area contributed by atoms with E-state index in [-0.39, 0.29) is 5.78 Å². The molecule has 0 unspecified atom stereocenters. The first-order valence-electron chi connectivity index (χ1n) is 11.1. The molecule has 0 amide bonds. The van der Waals surface area contributed by atoms with E-state index in [0.29, 0.717) is 30.4 Å². The molecule has 1 aromatic heterocycles. The number of allylic oxidation sites excluding steroid dienone is 1. The molecule has 0 atom stereocenters. The number of rotatable bonds is 6. The van der Waals surface area contributed by atoms with Crippen LogP contribution >= 0.6 is 0 Å². The summed E-state index contributed by atoms with van der Waals surface area (Å²) in [4.78, 5) is 15.5. The van der Waals surface area contributed by atoms with E-state index < -0.39 is 0 Å². The Kier molecular flexibility index (Phi) is 5.60. The zero-order chi connectivity index (χ0) is 23.1. The van der Waals surface area contributed by atoms with Crippen molar-refractivity contribution in [3.63, 3.8) is 0 Å². The Bertz CT molecular complexity index is 1270. The maximum absolute atomic E-state index is 13.3. The molecule has 3 heterocycles. The Morgan fingerprint density at radius 1 is 1.18 bits per heavy atom. The largest absolute Gasteiger partial charge is 0.497 e. The molecule has 0 saturated carbocycles. The molecule has 172 valence electrons. The summed E-state index contributed by atoms with van der Waals surface area (Å²) in [6.07, 6.45) is 4.75. The first-order chi connectivity index (χ1) is 16.0. The molecule has 0 spiro atoms. The molecular weight excluding hydrogens is 420 g/mol. The molecule has 0 N–H and O–H groups in total. The van der Waals surface area contributed by atoms with Crippen molar-refractivity contribution in [2.45, 2.75) is 19.9 Å². The number of ketones is 1. The monoisotopic (exact) mass is 448 g/mol. The van der Waals surface area contributed by atoms with Crippen LogP contribution in [0.25, 0.3) is 17.0 Å². The lowest BCUT2D eigenvalue weighted by Crippen LogP contribution is -2.33. The number of aromatic nitrogens is 1. The summed E-state index contributed by atoms with van der Waals surface area (Å²) in [6, 6.07) is 7.84. The van der Waals surface area contributed by atoms with Crippen LogP contribution in [0.1, 0.15) is 33.5 Å². The molecule has 0 radical (unpaired) electrons. The first kappa shape index (κ1) is 21.6. The van der Waals surface area contributed by atoms with Crippen molar-refractivity contribution in [2.75, 3.05) is 34.1 Å². The predicted molar refractivity (Wildman–Crippen MR) is 126 cm³/mol. The van der Waals surface area contributed by atoms with E-state index in [9.17, 15) is 4.79 Å². The van der Waals surface area contributed by atoms with Gasteiger partial charge in [-0.15, -0.1) is 0 Å². The highest BCUT2D eigenvalue weighted by Crippen LogP contribution is 2.43. The van der Waals surface area contributed by atoms with Crippen molar-refractivity contribution in [3.8, 4) is 17.2 Å². The van der Waals surface area contributed by atoms with Gasteiger partial charge in [0.15, 0.2) is 5.76 Å². The van der Waals surface area contributed by atoms with Gasteiger partial charge in [0.1, 0.15) is 24.0 Å². The summed E-state index contributed by atoms with van der Waals surface area (Å²) in [5.74, 6) is 2.40. The smallest absolute Gasteiger partial charge is 0.231 e. The van der Waals surface area contributed by atoms with Crippen LogP contribution in [0.15, 0.2) is 36.2 Å². The molecule has 2 aliphatic rings. The molecule has 0 saturated heterocycles. The second-order valence-electron chi connectivity index (χ2n) is 8.56. The van der Waals surface area contributed by atoms with Gasteiger partial charge in [-0.05, 0) is 43.7 Å². The normalized spacial score (nSPS) is 16.6. The number of carbonyl (C=O) groups is 1. The average Bonchev–Trinajstić information content (AvgIpc) is 3.30. The van der Waals surface area contributed by atoms with E-state index in [1.165, 1.54) is 0 Å². The molecule has 33 heavy (non-hydrogen) atoms. The molecule has 0 fully saturated rings. The van der Waals surface area contributed by atoms with Gasteiger partial charge < -0.3 is 23.5 Å². The van der Waals surface area contributed by atoms with Crippen molar-refractivity contribution in [1.29, 1.82) is 0 Å². The van der Waals surface area contributed by atoms with E-state index >= 15 is 0 Å². The number of benzene rings is 2. The van der Waals surface area contributed by atoms with Crippen LogP contribution in [-0.2, 0) is 18.3 Å². The van der Waals surface area contributed by atoms with Crippen LogP contribution < -0.4 is 14.2 Å². The van der Waals surface area contributed by atoms with Crippen LogP contribution in [0.3, 0.4) is 0 Å². The number of nitrogens with zero attached hydrogens (tertiary/aromatic N) is 2. The third kappa shape index (κ3) is 3.77. The molecule has 2 aromatic carbocycles. The van der Waals surface area contributed by atoms with Crippen LogP contribution in [0, 0.1) is 6.92 Å². The predicted octanol–water partition coefficient (Wildman–Crippen LogP) is 4.30. The minimum Gasteiger partial charge on any atom is -0.497 e. The van der Waals surface area contributed by atoms with Gasteiger partial charge in [-0.2, -0.15) is 0 Å². The fourth-order valence-electron chi connectivity index (χ4n) is 4.66. The van der Waals surface area contributed by atoms with Crippen LogP contribution in [-0.4, -0.2) is 49.4 Å². The average molecular weight is 449 g/mol. The van der Waals surface area contributed by atoms with Crippen LogP contribution in [0.4, 0.5) is 0 Å². The number of hydrogen-bond acceptors (Lipinski definition) is 6. The van der Waals surface area contributed by atoms with Crippen molar-refractivity contribution in [1.82, 2.24) is 9.47 Å². The van der Waals surface area contributed by atoms with Gasteiger partial charge in [-0.1, -0.05) is 0 Å². The fourth-order valence-corrected chi connectivity index (χ4v) is 4.66. The Balaban J connectivity index is 1.47. The standard InChI is InChI=1S/C26H28N2O5/c1-16-25-18(14-28(15-32-25)8-5-9-30-3)10-21-24(29)23(33-26(16)21)11-17-13-27(2)22-7-6-19(31-4)12-20(17)22/h6-7,10-13H,5,8-9,14-15H2,1-4H3/b23-11-. The first-order valence-corrected chi connectivity index (χ1v) is 11.1. The van der Waals surface area contributed by atoms with E-state index in [0.717, 1.165) is 58.6 Å². The summed E-state index contributed by atoms with van der Waals surface area (Å²) in [5, 5.41) is 1.00. The second kappa shape index (κ2) is 8.57. The SMILES string of the molecule is COCCCN1COc2c(cc3c(c2C)O/C(=C\c2cn(C)c4ccc(OC)cc24)C3=O)C1. The van der Waals surface area contributed by atoms with Gasteiger partial charge in [-0.3, -0.25) is 9.69 Å². The third-order valence-corrected chi connectivity index (χ3v) is 6.34. The number of carbonyl (C=O) groups excluding carboxylic acids is 1. The van der Waals surface area contributed by atoms with Crippen molar-refractivity contribution < 1.29 is 23.7 Å². The highest BCUT2D eigenvalue weighted by Gasteiger charge is 2.33. The minimum absolute atomic E-state index is 0.104. The van der Waals surface area contributed by atoms with Gasteiger partial charge in [0.05, 0.1) is 12.7 Å². The Morgan fingerprint density at radius 2 is 2.03 bits per heavy atom. The number of Topliss-reactive ketones (excluding diaryl/α,β-unsaturated/α-hetero) is 1. The third-order valence-electron chi connectivity index (χ3n) is 6.34. The van der Waals surface area contributed by atoms with Crippen molar-refractivity contribution >= 4 is 22.8 Å². The highest BCUT2D eigenvalue weighted by molar-refractivity contribution is 6.15. The maximum Gasteiger partial charge on any atom is 0.231 e. The van der Waals surface area contributed by atoms with Gasteiger partial charge >= 0.3 is 0 Å². The molecule has 3 aromatic rings. The molecule has 7 nitrogen and oxygen atoms in total. The Morgan fingerprint density at radius 3 is 2.82 bits per heavy atom. The summed E-state index contributed by atoms with van der Waals surface area (Å²) in [5.41, 5.74) is 4.45. The molecule has 5 rings (SSSR count). The Labute approximate surface area is 193 Å². The molecular formula is C26H28N2O5. The zero-order valence-corrected chi connectivity index (χ0v) is 19.4. The van der Waals surface area contributed by atoms with Gasteiger partial charge in [0.2, 0.25) is 5.78 Å². The lowest BCUT2D eigenvalue weighted by atomic mass is 10.00. The minimum atomic E-state index is -0.104. The number of ether oxygens (including phenoxy) is 4. The number of fused-ring (bicyclic) bond motifs is 3. The number of aryl methyl sites for hydroxylation is 1. The number of hydrogen-bond donors (Lipinski definition) is 0. The quantitative estimate of drug-likeness (QED) is 0.414. The lowest BCUT2D eigenvalue weighted by molar-refractivity contribution is 0.0826. The van der Waals surface area contributed by atoms with Crippen LogP contribution in [0.2, 0.25) is 0 Å². The zero-order valence-electron chi connectivity index (χ0n) is 19.4. The van der Waals surface area contributed by atoms with E-state index in [1.54, 1.807) is 14.2 Å². The highest BCUT2D eigenvalue weighted by atomic mass is 16.5. The molecule has 7 heteroatoms. The fraction of sp³-hybridized carbons (Fsp3) is 0.346. The van der Waals surface area contributed by atoms with Crippen LogP contribution in [0.5, 0.6) is 17.2 Å². The number of methoxy groups -OCH3 is 2. The van der Waals surface area contributed by atoms with E-state index in [4.69, 9.17) is 18.9 Å². The summed E-state index contributed by atoms with van der Waals surface area (Å²) in [7, 11) is 5.34. The molecule has 0 bridgehead atoms. The second-order valence-corrected chi connectivity index (χ2v) is 8.56. The van der Waals surface area contributed by atoms with Gasteiger partial charge in [0, 0.05) is 67.6 Å². The van der Waals surface area contributed by atoms with Crippen molar-refractivity contribution in [2.24, 2.45) is 7.05 Å². The van der Waals surface area contributed by atoms with Crippen molar-refractivity contribution in [3.05, 3.63) is 58.5 Å². The summed E-state index contributed by atoms with van der Waals surface area (Å²) < 4.78 is 24.7. The molecule has 2 aliphatic heterocycles. The topological polar surface area (TPSA) is 62.2 Å². The maximum atomic E-state index is 13.3. The van der Waals surface area contributed by atoms with E-state index in [2.05, 4.69) is 4.90 Å². The summed E-state index contributed by atoms with van der Waals surface area (Å²) in [6.45, 7) is 4.81. The molecule has 0 aliphatic carbocycles. The Hall–Kier alpha value is -3.29. The lowest BCUT2D eigenvalue weighted by Gasteiger charge is -2.30. The van der Waals surface area contributed by atoms with E-state index in [1.807, 2.05) is 55.1 Å². The van der Waals surface area contributed by atoms with Gasteiger partial charge in [-0.25, -0.2) is 0 Å².